The Hall–Kier alpha value is -1.62. The van der Waals surface area contributed by atoms with Gasteiger partial charge in [0.05, 0.1) is 6.61 Å². The molecule has 0 aliphatic heterocycles. The predicted octanol–water partition coefficient (Wildman–Crippen LogP) is 3.73. The maximum Gasteiger partial charge on any atom is 0.329 e. The van der Waals surface area contributed by atoms with E-state index in [1.165, 1.54) is 0 Å². The topological polar surface area (TPSA) is 48.3 Å². The van der Waals surface area contributed by atoms with Crippen LogP contribution in [0.15, 0.2) is 28.9 Å². The van der Waals surface area contributed by atoms with Gasteiger partial charge < -0.3 is 9.30 Å². The van der Waals surface area contributed by atoms with Crippen LogP contribution in [0.5, 0.6) is 0 Å². The van der Waals surface area contributed by atoms with Crippen molar-refractivity contribution < 1.29 is 14.3 Å². The molecule has 1 aromatic carbocycles. The van der Waals surface area contributed by atoms with Crippen LogP contribution in [0, 0.1) is 0 Å². The number of halogens is 1. The number of hydrogen-bond acceptors (Lipinski definition) is 3. The Morgan fingerprint density at radius 3 is 2.80 bits per heavy atom. The Balaban J connectivity index is 2.58. The highest BCUT2D eigenvalue weighted by Gasteiger charge is 2.22. The van der Waals surface area contributed by atoms with Crippen LogP contribution in [0.2, 0.25) is 0 Å². The summed E-state index contributed by atoms with van der Waals surface area (Å²) < 4.78 is 7.83. The van der Waals surface area contributed by atoms with Gasteiger partial charge in [-0.3, -0.25) is 4.79 Å². The van der Waals surface area contributed by atoms with E-state index in [9.17, 15) is 9.59 Å². The molecule has 0 aliphatic rings. The van der Waals surface area contributed by atoms with Crippen molar-refractivity contribution in [3.05, 3.63) is 34.4 Å². The molecular formula is C15H16BrNO3. The maximum atomic E-state index is 12.0. The number of benzene rings is 1. The number of esters is 1. The molecule has 0 radical (unpaired) electrons. The minimum Gasteiger partial charge on any atom is -0.464 e. The van der Waals surface area contributed by atoms with Gasteiger partial charge in [-0.05, 0) is 31.5 Å². The minimum atomic E-state index is -0.410. The standard InChI is InChI=1S/C15H16BrNO3/c1-3-13(15(19)20-4-2)17-8-10(9-18)12-7-11(16)5-6-14(12)17/h5-9,13H,3-4H2,1-2H3. The molecule has 2 aromatic rings. The lowest BCUT2D eigenvalue weighted by molar-refractivity contribution is -0.147. The smallest absolute Gasteiger partial charge is 0.329 e. The van der Waals surface area contributed by atoms with Gasteiger partial charge >= 0.3 is 5.97 Å². The summed E-state index contributed by atoms with van der Waals surface area (Å²) in [6, 6.07) is 5.26. The number of hydrogen-bond donors (Lipinski definition) is 0. The van der Waals surface area contributed by atoms with Crippen LogP contribution in [0.4, 0.5) is 0 Å². The molecular weight excluding hydrogens is 322 g/mol. The summed E-state index contributed by atoms with van der Waals surface area (Å²) in [6.45, 7) is 4.06. The number of nitrogens with zero attached hydrogens (tertiary/aromatic N) is 1. The predicted molar refractivity (Wildman–Crippen MR) is 81.0 cm³/mol. The Bertz CT molecular complexity index is 648. The van der Waals surface area contributed by atoms with Crippen molar-refractivity contribution in [3.8, 4) is 0 Å². The largest absolute Gasteiger partial charge is 0.464 e. The Morgan fingerprint density at radius 2 is 2.20 bits per heavy atom. The van der Waals surface area contributed by atoms with Crippen molar-refractivity contribution in [3.63, 3.8) is 0 Å². The fourth-order valence-corrected chi connectivity index (χ4v) is 2.68. The van der Waals surface area contributed by atoms with E-state index in [1.54, 1.807) is 13.1 Å². The lowest BCUT2D eigenvalue weighted by atomic mass is 10.2. The zero-order valence-corrected chi connectivity index (χ0v) is 13.0. The first-order chi connectivity index (χ1) is 9.62. The molecule has 4 nitrogen and oxygen atoms in total. The molecule has 1 heterocycles. The van der Waals surface area contributed by atoms with Gasteiger partial charge in [0.2, 0.25) is 0 Å². The van der Waals surface area contributed by atoms with E-state index in [1.807, 2.05) is 29.7 Å². The Labute approximate surface area is 125 Å². The van der Waals surface area contributed by atoms with Crippen molar-refractivity contribution in [1.82, 2.24) is 4.57 Å². The first-order valence-electron chi connectivity index (χ1n) is 6.54. The van der Waals surface area contributed by atoms with Gasteiger partial charge in [-0.15, -0.1) is 0 Å². The molecule has 106 valence electrons. The quantitative estimate of drug-likeness (QED) is 0.616. The summed E-state index contributed by atoms with van der Waals surface area (Å²) in [6.07, 6.45) is 3.13. The van der Waals surface area contributed by atoms with Crippen molar-refractivity contribution in [2.75, 3.05) is 6.61 Å². The summed E-state index contributed by atoms with van der Waals surface area (Å²) in [4.78, 5) is 23.2. The minimum absolute atomic E-state index is 0.271. The Morgan fingerprint density at radius 1 is 1.45 bits per heavy atom. The van der Waals surface area contributed by atoms with Crippen LogP contribution in [-0.2, 0) is 9.53 Å². The summed E-state index contributed by atoms with van der Waals surface area (Å²) in [5.41, 5.74) is 1.43. The molecule has 0 saturated carbocycles. The van der Waals surface area contributed by atoms with E-state index in [0.29, 0.717) is 18.6 Å². The van der Waals surface area contributed by atoms with Crippen LogP contribution in [-0.4, -0.2) is 23.4 Å². The molecule has 0 saturated heterocycles. The molecule has 2 rings (SSSR count). The van der Waals surface area contributed by atoms with E-state index in [2.05, 4.69) is 15.9 Å². The molecule has 0 amide bonds. The van der Waals surface area contributed by atoms with Crippen LogP contribution < -0.4 is 0 Å². The molecule has 1 unspecified atom stereocenters. The van der Waals surface area contributed by atoms with Crippen LogP contribution >= 0.6 is 15.9 Å². The van der Waals surface area contributed by atoms with E-state index in [0.717, 1.165) is 21.7 Å². The second kappa shape index (κ2) is 6.22. The van der Waals surface area contributed by atoms with Crippen molar-refractivity contribution in [2.24, 2.45) is 0 Å². The van der Waals surface area contributed by atoms with E-state index < -0.39 is 6.04 Å². The van der Waals surface area contributed by atoms with Gasteiger partial charge in [0.25, 0.3) is 0 Å². The summed E-state index contributed by atoms with van der Waals surface area (Å²) in [7, 11) is 0. The van der Waals surface area contributed by atoms with Crippen LogP contribution in [0.25, 0.3) is 10.9 Å². The van der Waals surface area contributed by atoms with E-state index in [4.69, 9.17) is 4.74 Å². The van der Waals surface area contributed by atoms with E-state index >= 15 is 0 Å². The Kier molecular flexibility index (Phi) is 4.60. The van der Waals surface area contributed by atoms with Gasteiger partial charge in [-0.2, -0.15) is 0 Å². The monoisotopic (exact) mass is 337 g/mol. The summed E-state index contributed by atoms with van der Waals surface area (Å²) in [5.74, 6) is -0.271. The first-order valence-corrected chi connectivity index (χ1v) is 7.33. The lowest BCUT2D eigenvalue weighted by Crippen LogP contribution is -2.20. The first kappa shape index (κ1) is 14.8. The average molecular weight is 338 g/mol. The normalized spacial score (nSPS) is 12.3. The number of aldehydes is 1. The number of carbonyl (C=O) groups is 2. The van der Waals surface area contributed by atoms with Crippen molar-refractivity contribution in [1.29, 1.82) is 0 Å². The third-order valence-corrected chi connectivity index (χ3v) is 3.73. The van der Waals surface area contributed by atoms with Crippen LogP contribution in [0.1, 0.15) is 36.7 Å². The maximum absolute atomic E-state index is 12.0. The molecule has 0 bridgehead atoms. The molecule has 0 aliphatic carbocycles. The van der Waals surface area contributed by atoms with Gasteiger partial charge in [0.15, 0.2) is 6.29 Å². The van der Waals surface area contributed by atoms with Gasteiger partial charge in [0, 0.05) is 27.1 Å². The summed E-state index contributed by atoms with van der Waals surface area (Å²) >= 11 is 3.40. The number of carbonyl (C=O) groups excluding carboxylic acids is 2. The van der Waals surface area contributed by atoms with Crippen molar-refractivity contribution in [2.45, 2.75) is 26.3 Å². The molecule has 1 aromatic heterocycles. The molecule has 0 fully saturated rings. The van der Waals surface area contributed by atoms with E-state index in [-0.39, 0.29) is 5.97 Å². The molecule has 0 spiro atoms. The second-order valence-corrected chi connectivity index (χ2v) is 5.36. The fourth-order valence-electron chi connectivity index (χ4n) is 2.32. The van der Waals surface area contributed by atoms with Crippen LogP contribution in [0.3, 0.4) is 0 Å². The van der Waals surface area contributed by atoms with Gasteiger partial charge in [0.1, 0.15) is 6.04 Å². The van der Waals surface area contributed by atoms with Gasteiger partial charge in [-0.1, -0.05) is 22.9 Å². The number of ether oxygens (including phenoxy) is 1. The highest BCUT2D eigenvalue weighted by atomic mass is 79.9. The third kappa shape index (κ3) is 2.63. The average Bonchev–Trinajstić information content (AvgIpc) is 2.78. The van der Waals surface area contributed by atoms with Gasteiger partial charge in [-0.25, -0.2) is 4.79 Å². The third-order valence-electron chi connectivity index (χ3n) is 3.23. The zero-order chi connectivity index (χ0) is 14.7. The fraction of sp³-hybridized carbons (Fsp3) is 0.333. The lowest BCUT2D eigenvalue weighted by Gasteiger charge is -2.16. The highest BCUT2D eigenvalue weighted by molar-refractivity contribution is 9.10. The second-order valence-electron chi connectivity index (χ2n) is 4.45. The number of fused-ring (bicyclic) bond motifs is 1. The molecule has 0 N–H and O–H groups in total. The SMILES string of the molecule is CCOC(=O)C(CC)n1cc(C=O)c2cc(Br)ccc21. The highest BCUT2D eigenvalue weighted by Crippen LogP contribution is 2.28. The van der Waals surface area contributed by atoms with Crippen molar-refractivity contribution >= 4 is 39.1 Å². The number of aromatic nitrogens is 1. The summed E-state index contributed by atoms with van der Waals surface area (Å²) in [5, 5.41) is 0.831. The molecule has 20 heavy (non-hydrogen) atoms. The number of rotatable bonds is 5. The zero-order valence-electron chi connectivity index (χ0n) is 11.4. The molecule has 1 atom stereocenters. The molecule has 5 heteroatoms.